The maximum absolute atomic E-state index is 9.07. The molecule has 0 spiro atoms. The van der Waals surface area contributed by atoms with Gasteiger partial charge in [-0.05, 0) is 17.7 Å². The van der Waals surface area contributed by atoms with Gasteiger partial charge in [0.2, 0.25) is 0 Å². The SMILES string of the molecule is N#Cc1cnn(-c2ccc(C=NO)cc2C#N)c1. The predicted molar refractivity (Wildman–Crippen MR) is 62.4 cm³/mol. The maximum Gasteiger partial charge on any atom is 0.102 e. The van der Waals surface area contributed by atoms with Crippen molar-refractivity contribution >= 4 is 6.21 Å². The van der Waals surface area contributed by atoms with Crippen LogP contribution in [0.4, 0.5) is 0 Å². The van der Waals surface area contributed by atoms with Crippen LogP contribution in [0.5, 0.6) is 0 Å². The van der Waals surface area contributed by atoms with Gasteiger partial charge in [0.1, 0.15) is 12.1 Å². The molecule has 0 bridgehead atoms. The molecule has 0 aliphatic carbocycles. The van der Waals surface area contributed by atoms with Crippen LogP contribution in [0.15, 0.2) is 35.7 Å². The fraction of sp³-hybridized carbons (Fsp3) is 0. The Morgan fingerprint density at radius 1 is 1.33 bits per heavy atom. The van der Waals surface area contributed by atoms with Crippen molar-refractivity contribution in [1.29, 1.82) is 10.5 Å². The molecule has 0 saturated carbocycles. The Morgan fingerprint density at radius 2 is 2.17 bits per heavy atom. The van der Waals surface area contributed by atoms with Crippen LogP contribution in [0.2, 0.25) is 0 Å². The van der Waals surface area contributed by atoms with Crippen LogP contribution in [0.1, 0.15) is 16.7 Å². The van der Waals surface area contributed by atoms with Gasteiger partial charge in [-0.3, -0.25) is 0 Å². The van der Waals surface area contributed by atoms with Gasteiger partial charge in [-0.25, -0.2) is 4.68 Å². The Morgan fingerprint density at radius 3 is 2.78 bits per heavy atom. The Balaban J connectivity index is 2.52. The monoisotopic (exact) mass is 237 g/mol. The summed E-state index contributed by atoms with van der Waals surface area (Å²) in [5.74, 6) is 0. The summed E-state index contributed by atoms with van der Waals surface area (Å²) in [5.41, 5.74) is 1.96. The van der Waals surface area contributed by atoms with Gasteiger partial charge in [-0.2, -0.15) is 15.6 Å². The highest BCUT2D eigenvalue weighted by molar-refractivity contribution is 5.80. The summed E-state index contributed by atoms with van der Waals surface area (Å²) in [6.07, 6.45) is 4.19. The molecule has 0 atom stereocenters. The van der Waals surface area contributed by atoms with Gasteiger partial charge in [0.15, 0.2) is 0 Å². The van der Waals surface area contributed by atoms with E-state index in [1.54, 1.807) is 18.2 Å². The molecule has 0 unspecified atom stereocenters. The van der Waals surface area contributed by atoms with Crippen molar-refractivity contribution in [3.63, 3.8) is 0 Å². The van der Waals surface area contributed by atoms with E-state index < -0.39 is 0 Å². The zero-order valence-corrected chi connectivity index (χ0v) is 9.15. The molecule has 0 aliphatic heterocycles. The summed E-state index contributed by atoms with van der Waals surface area (Å²) in [4.78, 5) is 0. The average Bonchev–Trinajstić information content (AvgIpc) is 2.87. The second-order valence-corrected chi connectivity index (χ2v) is 3.42. The molecule has 0 amide bonds. The van der Waals surface area contributed by atoms with Crippen LogP contribution in [-0.2, 0) is 0 Å². The first kappa shape index (κ1) is 11.4. The zero-order valence-electron chi connectivity index (χ0n) is 9.15. The first-order valence-electron chi connectivity index (χ1n) is 4.95. The molecule has 1 heterocycles. The number of aromatic nitrogens is 2. The lowest BCUT2D eigenvalue weighted by Gasteiger charge is -2.04. The minimum atomic E-state index is 0.375. The second-order valence-electron chi connectivity index (χ2n) is 3.42. The van der Waals surface area contributed by atoms with E-state index in [4.69, 9.17) is 15.7 Å². The summed E-state index contributed by atoms with van der Waals surface area (Å²) in [6, 6.07) is 8.93. The number of rotatable bonds is 2. The van der Waals surface area contributed by atoms with Crippen molar-refractivity contribution in [3.8, 4) is 17.8 Å². The first-order chi connectivity index (χ1) is 8.78. The Labute approximate surface area is 103 Å². The summed E-state index contributed by atoms with van der Waals surface area (Å²) < 4.78 is 1.46. The molecule has 1 aromatic carbocycles. The van der Waals surface area contributed by atoms with Gasteiger partial charge < -0.3 is 5.21 Å². The highest BCUT2D eigenvalue weighted by atomic mass is 16.4. The van der Waals surface area contributed by atoms with Crippen molar-refractivity contribution in [2.45, 2.75) is 0 Å². The number of hydrogen-bond donors (Lipinski definition) is 1. The molecule has 86 valence electrons. The van der Waals surface area contributed by atoms with Gasteiger partial charge >= 0.3 is 0 Å². The predicted octanol–water partition coefficient (Wildman–Crippen LogP) is 1.42. The normalized spacial score (nSPS) is 10.1. The van der Waals surface area contributed by atoms with Gasteiger partial charge in [0.05, 0.1) is 29.2 Å². The van der Waals surface area contributed by atoms with Crippen LogP contribution in [0, 0.1) is 22.7 Å². The standard InChI is InChI=1S/C12H7N5O/c13-4-10-6-15-17(8-10)12-2-1-9(7-16-18)3-11(12)5-14/h1-3,6-8,18H. The van der Waals surface area contributed by atoms with E-state index in [9.17, 15) is 0 Å². The Hall–Kier alpha value is -3.12. The van der Waals surface area contributed by atoms with E-state index in [-0.39, 0.29) is 0 Å². The number of nitrogens with zero attached hydrogens (tertiary/aromatic N) is 5. The molecular weight excluding hydrogens is 230 g/mol. The molecule has 0 aliphatic rings. The second kappa shape index (κ2) is 4.81. The molecular formula is C12H7N5O. The van der Waals surface area contributed by atoms with Gasteiger partial charge in [-0.1, -0.05) is 11.2 Å². The quantitative estimate of drug-likeness (QED) is 0.485. The highest BCUT2D eigenvalue weighted by Crippen LogP contribution is 2.15. The molecule has 2 rings (SSSR count). The van der Waals surface area contributed by atoms with Crippen molar-refractivity contribution in [2.24, 2.45) is 5.16 Å². The Bertz CT molecular complexity index is 687. The van der Waals surface area contributed by atoms with Gasteiger partial charge in [-0.15, -0.1) is 0 Å². The minimum absolute atomic E-state index is 0.375. The molecule has 6 nitrogen and oxygen atoms in total. The van der Waals surface area contributed by atoms with E-state index in [0.717, 1.165) is 0 Å². The van der Waals surface area contributed by atoms with Gasteiger partial charge in [0, 0.05) is 6.20 Å². The molecule has 1 N–H and O–H groups in total. The van der Waals surface area contributed by atoms with E-state index >= 15 is 0 Å². The van der Waals surface area contributed by atoms with E-state index in [2.05, 4.69) is 10.3 Å². The van der Waals surface area contributed by atoms with Gasteiger partial charge in [0.25, 0.3) is 0 Å². The zero-order chi connectivity index (χ0) is 13.0. The van der Waals surface area contributed by atoms with Crippen LogP contribution < -0.4 is 0 Å². The lowest BCUT2D eigenvalue weighted by Crippen LogP contribution is -1.98. The summed E-state index contributed by atoms with van der Waals surface area (Å²) in [6.45, 7) is 0. The van der Waals surface area contributed by atoms with E-state index in [0.29, 0.717) is 22.4 Å². The van der Waals surface area contributed by atoms with Crippen molar-refractivity contribution in [2.75, 3.05) is 0 Å². The lowest BCUT2D eigenvalue weighted by atomic mass is 10.1. The number of oxime groups is 1. The van der Waals surface area contributed by atoms with Crippen LogP contribution in [0.25, 0.3) is 5.69 Å². The molecule has 0 saturated heterocycles. The summed E-state index contributed by atoms with van der Waals surface area (Å²) >= 11 is 0. The first-order valence-corrected chi connectivity index (χ1v) is 4.95. The topological polar surface area (TPSA) is 98.0 Å². The van der Waals surface area contributed by atoms with Crippen molar-refractivity contribution in [3.05, 3.63) is 47.3 Å². The molecule has 6 heteroatoms. The highest BCUT2D eigenvalue weighted by Gasteiger charge is 2.07. The Kier molecular flexibility index (Phi) is 3.04. The van der Waals surface area contributed by atoms with Crippen molar-refractivity contribution < 1.29 is 5.21 Å². The van der Waals surface area contributed by atoms with Crippen LogP contribution in [0.3, 0.4) is 0 Å². The summed E-state index contributed by atoms with van der Waals surface area (Å²) in [5, 5.41) is 33.1. The van der Waals surface area contributed by atoms with Crippen molar-refractivity contribution in [1.82, 2.24) is 9.78 Å². The van der Waals surface area contributed by atoms with Crippen LogP contribution >= 0.6 is 0 Å². The molecule has 2 aromatic rings. The number of benzene rings is 1. The fourth-order valence-corrected chi connectivity index (χ4v) is 1.50. The molecule has 0 fully saturated rings. The molecule has 1 aromatic heterocycles. The number of hydrogen-bond acceptors (Lipinski definition) is 5. The third-order valence-corrected chi connectivity index (χ3v) is 2.31. The molecule has 0 radical (unpaired) electrons. The van der Waals surface area contributed by atoms with E-state index in [1.807, 2.05) is 12.1 Å². The maximum atomic E-state index is 9.07. The number of nitriles is 2. The largest absolute Gasteiger partial charge is 0.411 e. The van der Waals surface area contributed by atoms with E-state index in [1.165, 1.54) is 23.3 Å². The minimum Gasteiger partial charge on any atom is -0.411 e. The lowest BCUT2D eigenvalue weighted by molar-refractivity contribution is 0.322. The third-order valence-electron chi connectivity index (χ3n) is 2.31. The molecule has 18 heavy (non-hydrogen) atoms. The fourth-order valence-electron chi connectivity index (χ4n) is 1.50. The smallest absolute Gasteiger partial charge is 0.102 e. The third kappa shape index (κ3) is 2.04. The summed E-state index contributed by atoms with van der Waals surface area (Å²) in [7, 11) is 0. The van der Waals surface area contributed by atoms with Crippen LogP contribution in [-0.4, -0.2) is 21.2 Å². The average molecular weight is 237 g/mol.